The maximum atomic E-state index is 14.7. The van der Waals surface area contributed by atoms with Gasteiger partial charge in [0.2, 0.25) is 5.92 Å². The summed E-state index contributed by atoms with van der Waals surface area (Å²) < 4.78 is 29.5. The van der Waals surface area contributed by atoms with E-state index in [9.17, 15) is 8.78 Å². The maximum Gasteiger partial charge on any atom is 0.248 e. The molecule has 0 saturated heterocycles. The van der Waals surface area contributed by atoms with Gasteiger partial charge in [-0.15, -0.1) is 0 Å². The molecule has 4 heteroatoms. The first-order valence-electron chi connectivity index (χ1n) is 18.2. The molecule has 0 N–H and O–H groups in total. The van der Waals surface area contributed by atoms with Crippen LogP contribution in [0, 0.1) is 46.3 Å². The van der Waals surface area contributed by atoms with Gasteiger partial charge in [0.05, 0.1) is 6.16 Å². The average Bonchev–Trinajstić information content (AvgIpc) is 3.45. The lowest BCUT2D eigenvalue weighted by molar-refractivity contribution is -0.164. The molecule has 0 nitrogen and oxygen atoms in total. The van der Waals surface area contributed by atoms with E-state index in [0.29, 0.717) is 23.7 Å². The van der Waals surface area contributed by atoms with Crippen molar-refractivity contribution in [2.45, 2.75) is 97.3 Å². The summed E-state index contributed by atoms with van der Waals surface area (Å²) >= 11 is 0. The van der Waals surface area contributed by atoms with Crippen molar-refractivity contribution >= 4 is 23.2 Å². The van der Waals surface area contributed by atoms with Gasteiger partial charge in [-0.05, 0) is 122 Å². The monoisotopic (exact) mass is 706 g/mol. The van der Waals surface area contributed by atoms with E-state index in [-0.39, 0.29) is 46.6 Å². The fraction of sp³-hybridized carbons (Fsp3) is 0.571. The molecule has 3 aromatic carbocycles. The van der Waals surface area contributed by atoms with Gasteiger partial charge in [0, 0.05) is 18.3 Å². The highest BCUT2D eigenvalue weighted by atomic mass is 79.9. The predicted molar refractivity (Wildman–Crippen MR) is 189 cm³/mol. The van der Waals surface area contributed by atoms with Gasteiger partial charge in [-0.2, -0.15) is 0 Å². The first-order chi connectivity index (χ1) is 21.7. The zero-order chi connectivity index (χ0) is 31.3. The molecule has 4 fully saturated rings. The summed E-state index contributed by atoms with van der Waals surface area (Å²) in [6, 6.07) is 34.7. The summed E-state index contributed by atoms with van der Waals surface area (Å²) in [5.74, 6) is 1.13. The number of hydrogen-bond donors (Lipinski definition) is 0. The molecular weight excluding hydrogens is 653 g/mol. The van der Waals surface area contributed by atoms with Crippen molar-refractivity contribution in [1.29, 1.82) is 0 Å². The molecule has 46 heavy (non-hydrogen) atoms. The van der Waals surface area contributed by atoms with Gasteiger partial charge >= 0.3 is 0 Å². The van der Waals surface area contributed by atoms with Crippen LogP contribution in [-0.4, -0.2) is 12.1 Å². The van der Waals surface area contributed by atoms with E-state index >= 15 is 0 Å². The van der Waals surface area contributed by atoms with Gasteiger partial charge in [-0.1, -0.05) is 88.2 Å². The lowest BCUT2D eigenvalue weighted by Crippen LogP contribution is -3.00. The van der Waals surface area contributed by atoms with Crippen molar-refractivity contribution in [2.24, 2.45) is 46.3 Å². The van der Waals surface area contributed by atoms with Crippen LogP contribution in [0.5, 0.6) is 0 Å². The third-order valence-corrected chi connectivity index (χ3v) is 18.6. The lowest BCUT2D eigenvalue weighted by Gasteiger charge is -2.62. The molecule has 2 unspecified atom stereocenters. The summed E-state index contributed by atoms with van der Waals surface area (Å²) in [6.45, 7) is 7.38. The fourth-order valence-electron chi connectivity index (χ4n) is 12.1. The second kappa shape index (κ2) is 13.4. The van der Waals surface area contributed by atoms with Crippen LogP contribution in [0.4, 0.5) is 8.78 Å². The topological polar surface area (TPSA) is 0 Å². The Bertz CT molecular complexity index is 1330. The number of fused-ring (bicyclic) bond motifs is 5. The van der Waals surface area contributed by atoms with E-state index in [1.807, 2.05) is 0 Å². The first-order valence-corrected chi connectivity index (χ1v) is 20.1. The molecule has 0 spiro atoms. The Hall–Kier alpha value is -1.57. The van der Waals surface area contributed by atoms with E-state index in [2.05, 4.69) is 112 Å². The van der Waals surface area contributed by atoms with E-state index < -0.39 is 13.2 Å². The zero-order valence-corrected chi connectivity index (χ0v) is 30.7. The Morgan fingerprint density at radius 2 is 1.28 bits per heavy atom. The minimum atomic E-state index is -2.46. The molecule has 0 bridgehead atoms. The first kappa shape index (κ1) is 34.3. The number of benzene rings is 3. The Balaban J connectivity index is 0.00000372. The van der Waals surface area contributed by atoms with Crippen LogP contribution in [0.2, 0.25) is 0 Å². The highest BCUT2D eigenvalue weighted by Gasteiger charge is 2.67. The van der Waals surface area contributed by atoms with Crippen molar-refractivity contribution in [2.75, 3.05) is 6.16 Å². The summed E-state index contributed by atoms with van der Waals surface area (Å²) in [6.07, 6.45) is 12.1. The molecule has 248 valence electrons. The number of halogens is 3. The lowest BCUT2D eigenvalue weighted by atomic mass is 9.44. The minimum Gasteiger partial charge on any atom is -1.00 e. The standard InChI is InChI=1S/C42H54F2P.BrH/c1-4-14-31(2)37-23-24-39-36-22-21-32-29-42(43,44)28-27-40(32,3)38(36)25-26-41(37,39)30-45(33-15-8-5-9-16-33,34-17-10-6-11-18-34)35-19-12-7-13-20-35;/h5-13,15-20,31-32,36-39H,4,14,21-30H2,1-3H3;1H/q+1;/p-1/t31?,32-,36-,37?,38+,39+,40+,41+;/m1./s1. The van der Waals surface area contributed by atoms with Crippen LogP contribution in [0.15, 0.2) is 91.0 Å². The maximum absolute atomic E-state index is 14.7. The molecule has 0 aromatic heterocycles. The Morgan fingerprint density at radius 1 is 0.717 bits per heavy atom. The molecule has 4 saturated carbocycles. The van der Waals surface area contributed by atoms with Gasteiger partial charge in [0.1, 0.15) is 23.2 Å². The van der Waals surface area contributed by atoms with Crippen LogP contribution >= 0.6 is 7.26 Å². The molecule has 7 rings (SSSR count). The number of hydrogen-bond acceptors (Lipinski definition) is 0. The van der Waals surface area contributed by atoms with Gasteiger partial charge < -0.3 is 17.0 Å². The van der Waals surface area contributed by atoms with Crippen molar-refractivity contribution in [3.63, 3.8) is 0 Å². The van der Waals surface area contributed by atoms with Crippen LogP contribution in [0.25, 0.3) is 0 Å². The van der Waals surface area contributed by atoms with Crippen LogP contribution in [0.1, 0.15) is 91.4 Å². The fourth-order valence-corrected chi connectivity index (χ4v) is 17.1. The molecule has 4 aliphatic carbocycles. The van der Waals surface area contributed by atoms with Gasteiger partial charge in [0.15, 0.2) is 0 Å². The van der Waals surface area contributed by atoms with Gasteiger partial charge in [-0.3, -0.25) is 0 Å². The van der Waals surface area contributed by atoms with Crippen LogP contribution < -0.4 is 32.9 Å². The third kappa shape index (κ3) is 5.66. The normalized spacial score (nSPS) is 34.0. The second-order valence-corrected chi connectivity index (χ2v) is 19.4. The van der Waals surface area contributed by atoms with Crippen molar-refractivity contribution < 1.29 is 25.8 Å². The van der Waals surface area contributed by atoms with Crippen LogP contribution in [0.3, 0.4) is 0 Å². The van der Waals surface area contributed by atoms with Gasteiger partial charge in [0.25, 0.3) is 0 Å². The minimum absolute atomic E-state index is 0. The Morgan fingerprint density at radius 3 is 1.83 bits per heavy atom. The average molecular weight is 708 g/mol. The molecule has 3 aromatic rings. The Kier molecular flexibility index (Phi) is 9.98. The number of rotatable bonds is 8. The Labute approximate surface area is 288 Å². The highest BCUT2D eigenvalue weighted by Crippen LogP contribution is 2.73. The largest absolute Gasteiger partial charge is 1.00 e. The molecule has 8 atom stereocenters. The number of alkyl halides is 2. The summed E-state index contributed by atoms with van der Waals surface area (Å²) in [5, 5.41) is 4.53. The van der Waals surface area contributed by atoms with Crippen LogP contribution in [-0.2, 0) is 0 Å². The van der Waals surface area contributed by atoms with Crippen molar-refractivity contribution in [1.82, 2.24) is 0 Å². The molecule has 0 aliphatic heterocycles. The van der Waals surface area contributed by atoms with E-state index in [1.165, 1.54) is 60.6 Å². The summed E-state index contributed by atoms with van der Waals surface area (Å²) in [4.78, 5) is 0. The van der Waals surface area contributed by atoms with E-state index in [0.717, 1.165) is 25.2 Å². The highest BCUT2D eigenvalue weighted by molar-refractivity contribution is 7.95. The molecular formula is C42H54BrF2P. The second-order valence-electron chi connectivity index (χ2n) is 15.9. The molecule has 4 aliphatic rings. The smallest absolute Gasteiger partial charge is 0.248 e. The quantitative estimate of drug-likeness (QED) is 0.211. The van der Waals surface area contributed by atoms with Crippen molar-refractivity contribution in [3.8, 4) is 0 Å². The molecule has 0 radical (unpaired) electrons. The zero-order valence-electron chi connectivity index (χ0n) is 28.2. The van der Waals surface area contributed by atoms with E-state index in [1.54, 1.807) is 0 Å². The van der Waals surface area contributed by atoms with Gasteiger partial charge in [-0.25, -0.2) is 8.78 Å². The van der Waals surface area contributed by atoms with E-state index in [4.69, 9.17) is 0 Å². The summed E-state index contributed by atoms with van der Waals surface area (Å²) in [5.41, 5.74) is 0.348. The van der Waals surface area contributed by atoms with Crippen molar-refractivity contribution in [3.05, 3.63) is 91.0 Å². The molecule has 0 amide bonds. The SMILES string of the molecule is CCCC(C)C1CC[C@H]2[C@@H]3CC[C@@H]4CC(F)(F)CC[C@]4(C)[C@H]3CC[C@]12C[P+](c1ccccc1)(c1ccccc1)c1ccccc1.[Br-]. The molecule has 0 heterocycles. The predicted octanol–water partition coefficient (Wildman–Crippen LogP) is 7.70. The third-order valence-electron chi connectivity index (χ3n) is 14.0. The summed E-state index contributed by atoms with van der Waals surface area (Å²) in [7, 11) is -2.01.